The van der Waals surface area contributed by atoms with Crippen molar-refractivity contribution in [2.75, 3.05) is 12.3 Å². The molecule has 4 nitrogen and oxygen atoms in total. The number of hydrogen-bond donors (Lipinski definition) is 2. The zero-order valence-electron chi connectivity index (χ0n) is 11.9. The molecule has 2 N–H and O–H groups in total. The molecule has 0 amide bonds. The van der Waals surface area contributed by atoms with Crippen molar-refractivity contribution in [1.29, 1.82) is 0 Å². The van der Waals surface area contributed by atoms with E-state index in [2.05, 4.69) is 0 Å². The molecule has 1 aromatic carbocycles. The molecule has 0 aliphatic carbocycles. The highest BCUT2D eigenvalue weighted by molar-refractivity contribution is 7.16. The van der Waals surface area contributed by atoms with Crippen LogP contribution in [0.5, 0.6) is 0 Å². The van der Waals surface area contributed by atoms with E-state index in [0.717, 1.165) is 0 Å². The number of halogens is 6. The van der Waals surface area contributed by atoms with Gasteiger partial charge in [0.2, 0.25) is 0 Å². The lowest BCUT2D eigenvalue weighted by atomic mass is 10.1. The average molecular weight is 398 g/mol. The van der Waals surface area contributed by atoms with Crippen molar-refractivity contribution < 1.29 is 46.1 Å². The Morgan fingerprint density at radius 3 is 1.12 bits per heavy atom. The Kier molecular flexibility index (Phi) is 11.6. The molecule has 0 fully saturated rings. The molecule has 0 aliphatic rings. The van der Waals surface area contributed by atoms with Crippen molar-refractivity contribution in [3.8, 4) is 0 Å². The predicted octanol–water partition coefficient (Wildman–Crippen LogP) is 3.93. The summed E-state index contributed by atoms with van der Waals surface area (Å²) in [5, 5.41) is 17.1. The quantitative estimate of drug-likeness (QED) is 0.585. The highest BCUT2D eigenvalue weighted by Crippen LogP contribution is 2.16. The zero-order chi connectivity index (χ0) is 19.6. The minimum absolute atomic E-state index is 0.190. The molecular formula is C12H14F6O4P2. The summed E-state index contributed by atoms with van der Waals surface area (Å²) in [6.45, 7) is 0. The molecule has 0 spiro atoms. The normalized spacial score (nSPS) is 10.7. The Bertz CT molecular complexity index is 484. The number of alkyl halides is 6. The molecule has 1 rings (SSSR count). The molecule has 2 unspecified atom stereocenters. The number of carboxylic acids is 2. The van der Waals surface area contributed by atoms with Crippen LogP contribution in [0.1, 0.15) is 20.7 Å². The van der Waals surface area contributed by atoms with Crippen LogP contribution in [0.2, 0.25) is 0 Å². The summed E-state index contributed by atoms with van der Waals surface area (Å²) in [6.07, 6.45) is -9.62. The van der Waals surface area contributed by atoms with Crippen LogP contribution in [0, 0.1) is 0 Å². The fraction of sp³-hybridized carbons (Fsp3) is 0.333. The molecule has 138 valence electrons. The molecular weight excluding hydrogens is 384 g/mol. The molecule has 0 radical (unpaired) electrons. The molecule has 0 bridgehead atoms. The average Bonchev–Trinajstić information content (AvgIpc) is 2.47. The van der Waals surface area contributed by atoms with E-state index in [1.165, 1.54) is 24.3 Å². The van der Waals surface area contributed by atoms with Crippen molar-refractivity contribution in [3.05, 3.63) is 35.4 Å². The molecule has 0 aliphatic heterocycles. The van der Waals surface area contributed by atoms with Crippen molar-refractivity contribution in [1.82, 2.24) is 0 Å². The topological polar surface area (TPSA) is 74.6 Å². The third-order valence-corrected chi connectivity index (χ3v) is 2.78. The van der Waals surface area contributed by atoms with Gasteiger partial charge in [0, 0.05) is 0 Å². The van der Waals surface area contributed by atoms with E-state index in [1.54, 1.807) is 18.5 Å². The van der Waals surface area contributed by atoms with Gasteiger partial charge in [-0.2, -0.15) is 26.3 Å². The molecule has 0 aromatic heterocycles. The van der Waals surface area contributed by atoms with Gasteiger partial charge in [0.25, 0.3) is 0 Å². The van der Waals surface area contributed by atoms with E-state index in [-0.39, 0.29) is 11.1 Å². The first kappa shape index (κ1) is 24.8. The van der Waals surface area contributed by atoms with Gasteiger partial charge >= 0.3 is 24.3 Å². The summed E-state index contributed by atoms with van der Waals surface area (Å²) >= 11 is 0. The fourth-order valence-corrected chi connectivity index (χ4v) is 0.856. The van der Waals surface area contributed by atoms with Crippen LogP contribution in [0.3, 0.4) is 0 Å². The van der Waals surface area contributed by atoms with Crippen molar-refractivity contribution in [2.24, 2.45) is 0 Å². The van der Waals surface area contributed by atoms with Gasteiger partial charge in [-0.15, -0.1) is 18.5 Å². The SMILES string of the molecule is FC(F)(F)CP.FC(F)(F)CP.O=C(O)c1ccccc1C(=O)O. The first-order valence-corrected chi connectivity index (χ1v) is 7.47. The number of rotatable bonds is 2. The monoisotopic (exact) mass is 398 g/mol. The number of benzene rings is 1. The molecule has 2 atom stereocenters. The molecule has 0 heterocycles. The molecule has 24 heavy (non-hydrogen) atoms. The van der Waals surface area contributed by atoms with Gasteiger partial charge in [0.05, 0.1) is 23.5 Å². The lowest BCUT2D eigenvalue weighted by Gasteiger charge is -1.98. The summed E-state index contributed by atoms with van der Waals surface area (Å²) < 4.78 is 64.6. The summed E-state index contributed by atoms with van der Waals surface area (Å²) in [5.41, 5.74) is -0.380. The Morgan fingerprint density at radius 2 is 1.00 bits per heavy atom. The van der Waals surface area contributed by atoms with Crippen molar-refractivity contribution in [3.63, 3.8) is 0 Å². The second-order valence-electron chi connectivity index (χ2n) is 3.79. The fourth-order valence-electron chi connectivity index (χ4n) is 0.856. The van der Waals surface area contributed by atoms with Gasteiger partial charge in [-0.25, -0.2) is 9.59 Å². The van der Waals surface area contributed by atoms with Crippen LogP contribution in [-0.2, 0) is 0 Å². The third-order valence-electron chi connectivity index (χ3n) is 1.85. The number of carbonyl (C=O) groups is 2. The molecule has 0 saturated carbocycles. The van der Waals surface area contributed by atoms with Gasteiger partial charge in [-0.3, -0.25) is 0 Å². The molecule has 0 saturated heterocycles. The second-order valence-corrected chi connectivity index (χ2v) is 4.61. The molecule has 12 heteroatoms. The lowest BCUT2D eigenvalue weighted by molar-refractivity contribution is -0.106. The maximum Gasteiger partial charge on any atom is 0.392 e. The van der Waals surface area contributed by atoms with E-state index < -0.39 is 36.6 Å². The van der Waals surface area contributed by atoms with E-state index in [0.29, 0.717) is 0 Å². The van der Waals surface area contributed by atoms with Gasteiger partial charge in [-0.1, -0.05) is 12.1 Å². The van der Waals surface area contributed by atoms with Gasteiger partial charge in [-0.05, 0) is 12.1 Å². The second kappa shape index (κ2) is 11.2. The van der Waals surface area contributed by atoms with E-state index in [9.17, 15) is 35.9 Å². The van der Waals surface area contributed by atoms with Crippen molar-refractivity contribution >= 4 is 30.4 Å². The number of aromatic carboxylic acids is 2. The minimum Gasteiger partial charge on any atom is -0.478 e. The summed E-state index contributed by atoms with van der Waals surface area (Å²) in [4.78, 5) is 20.9. The third kappa shape index (κ3) is 14.2. The van der Waals surface area contributed by atoms with Gasteiger partial charge in [0.15, 0.2) is 0 Å². The number of hydrogen-bond acceptors (Lipinski definition) is 2. The highest BCUT2D eigenvalue weighted by atomic mass is 31.0. The maximum absolute atomic E-state index is 10.8. The van der Waals surface area contributed by atoms with E-state index >= 15 is 0 Å². The largest absolute Gasteiger partial charge is 0.478 e. The van der Waals surface area contributed by atoms with E-state index in [1.807, 2.05) is 0 Å². The number of carboxylic acid groups (broad SMARTS) is 2. The predicted molar refractivity (Wildman–Crippen MR) is 81.6 cm³/mol. The van der Waals surface area contributed by atoms with Crippen LogP contribution in [-0.4, -0.2) is 46.8 Å². The smallest absolute Gasteiger partial charge is 0.392 e. The standard InChI is InChI=1S/C8H6O4.2C2H4F3P/c9-7(10)5-3-1-2-4-6(5)8(11)12;2*3-2(4,5)1-6/h1-4H,(H,9,10)(H,11,12);2*1,6H2. The highest BCUT2D eigenvalue weighted by Gasteiger charge is 2.23. The van der Waals surface area contributed by atoms with Gasteiger partial charge < -0.3 is 10.2 Å². The Hall–Kier alpha value is -1.40. The summed E-state index contributed by atoms with van der Waals surface area (Å²) in [6, 6.07) is 5.48. The molecule has 1 aromatic rings. The van der Waals surface area contributed by atoms with Crippen molar-refractivity contribution in [2.45, 2.75) is 12.4 Å². The van der Waals surface area contributed by atoms with Gasteiger partial charge in [0.1, 0.15) is 0 Å². The Labute approximate surface area is 137 Å². The van der Waals surface area contributed by atoms with Crippen LogP contribution < -0.4 is 0 Å². The lowest BCUT2D eigenvalue weighted by Crippen LogP contribution is -2.07. The van der Waals surface area contributed by atoms with Crippen LogP contribution >= 0.6 is 18.5 Å². The Balaban J connectivity index is 0. The van der Waals surface area contributed by atoms with Crippen LogP contribution in [0.4, 0.5) is 26.3 Å². The minimum atomic E-state index is -4.00. The Morgan fingerprint density at radius 1 is 0.792 bits per heavy atom. The van der Waals surface area contributed by atoms with E-state index in [4.69, 9.17) is 10.2 Å². The first-order valence-electron chi connectivity index (χ1n) is 5.84. The summed E-state index contributed by atoms with van der Waals surface area (Å²) in [7, 11) is 3.20. The van der Waals surface area contributed by atoms with Crippen LogP contribution in [0.15, 0.2) is 24.3 Å². The van der Waals surface area contributed by atoms with Crippen LogP contribution in [0.25, 0.3) is 0 Å². The zero-order valence-corrected chi connectivity index (χ0v) is 14.2. The first-order chi connectivity index (χ1) is 10.7. The summed E-state index contributed by atoms with van der Waals surface area (Å²) in [5.74, 6) is -2.46. The maximum atomic E-state index is 10.8.